The standard InChI is InChI=1S/C27H43NO2/c1-4-17-7-12-27(28-16-17)15-23-24(30-27)14-22-20-6-5-18-13-19(29)8-10-25(18,2)21(20)9-11-26(22,23)3/h5,17,19-24,28-29H,4,6-16H2,1-3H3. The molecule has 0 aromatic rings. The Bertz CT molecular complexity index is 724. The predicted octanol–water partition coefficient (Wildman–Crippen LogP) is 5.43. The van der Waals surface area contributed by atoms with Gasteiger partial charge < -0.3 is 9.84 Å². The van der Waals surface area contributed by atoms with Crippen LogP contribution in [0.4, 0.5) is 0 Å². The molecule has 3 nitrogen and oxygen atoms in total. The first-order chi connectivity index (χ1) is 14.4. The summed E-state index contributed by atoms with van der Waals surface area (Å²) < 4.78 is 6.93. The molecule has 10 unspecified atom stereocenters. The molecular weight excluding hydrogens is 370 g/mol. The number of aliphatic hydroxyl groups excluding tert-OH is 1. The van der Waals surface area contributed by atoms with E-state index in [0.29, 0.717) is 16.9 Å². The van der Waals surface area contributed by atoms with Gasteiger partial charge in [-0.3, -0.25) is 5.32 Å². The number of rotatable bonds is 1. The van der Waals surface area contributed by atoms with E-state index >= 15 is 0 Å². The van der Waals surface area contributed by atoms with Crippen LogP contribution in [-0.2, 0) is 4.74 Å². The Morgan fingerprint density at radius 1 is 1.10 bits per heavy atom. The van der Waals surface area contributed by atoms with Crippen molar-refractivity contribution in [2.24, 2.45) is 40.4 Å². The molecule has 4 aliphatic carbocycles. The zero-order valence-corrected chi connectivity index (χ0v) is 19.5. The number of fused-ring (bicyclic) bond motifs is 7. The van der Waals surface area contributed by atoms with E-state index in [1.807, 2.05) is 0 Å². The number of ether oxygens (including phenoxy) is 1. The third-order valence-electron chi connectivity index (χ3n) is 11.5. The van der Waals surface area contributed by atoms with E-state index in [0.717, 1.165) is 49.0 Å². The van der Waals surface area contributed by atoms with Crippen LogP contribution in [0.2, 0.25) is 0 Å². The lowest BCUT2D eigenvalue weighted by Crippen LogP contribution is -2.53. The summed E-state index contributed by atoms with van der Waals surface area (Å²) >= 11 is 0. The van der Waals surface area contributed by atoms with Crippen LogP contribution in [0.1, 0.15) is 91.4 Å². The average Bonchev–Trinajstić information content (AvgIpc) is 3.22. The number of hydrogen-bond acceptors (Lipinski definition) is 3. The maximum atomic E-state index is 10.2. The molecule has 1 spiro atoms. The van der Waals surface area contributed by atoms with Crippen molar-refractivity contribution >= 4 is 0 Å². The van der Waals surface area contributed by atoms with E-state index < -0.39 is 0 Å². The highest BCUT2D eigenvalue weighted by molar-refractivity contribution is 5.26. The van der Waals surface area contributed by atoms with Crippen LogP contribution in [-0.4, -0.2) is 29.6 Å². The summed E-state index contributed by atoms with van der Waals surface area (Å²) in [6.07, 6.45) is 16.5. The topological polar surface area (TPSA) is 41.5 Å². The Morgan fingerprint density at radius 3 is 2.73 bits per heavy atom. The van der Waals surface area contributed by atoms with Gasteiger partial charge in [0.05, 0.1) is 12.2 Å². The number of allylic oxidation sites excluding steroid dienone is 1. The largest absolute Gasteiger partial charge is 0.393 e. The Labute approximate surface area is 183 Å². The Kier molecular flexibility index (Phi) is 4.60. The molecule has 5 fully saturated rings. The van der Waals surface area contributed by atoms with Gasteiger partial charge in [-0.25, -0.2) is 0 Å². The monoisotopic (exact) mass is 413 g/mol. The fourth-order valence-corrected chi connectivity index (χ4v) is 9.50. The molecule has 6 rings (SSSR count). The molecule has 0 amide bonds. The summed E-state index contributed by atoms with van der Waals surface area (Å²) in [7, 11) is 0. The van der Waals surface area contributed by atoms with Gasteiger partial charge in [0, 0.05) is 6.54 Å². The first-order valence-electron chi connectivity index (χ1n) is 13.2. The lowest BCUT2D eigenvalue weighted by atomic mass is 9.47. The molecule has 0 aromatic carbocycles. The SMILES string of the molecule is CCC1CCC2(CC3C(CC4C5CC=C6CC(O)CCC6(C)C5CCC34C)O2)NC1. The lowest BCUT2D eigenvalue weighted by Gasteiger charge is -2.58. The Hall–Kier alpha value is -0.380. The molecule has 2 N–H and O–H groups in total. The summed E-state index contributed by atoms with van der Waals surface area (Å²) in [5, 5.41) is 14.1. The number of piperidine rings is 1. The van der Waals surface area contributed by atoms with Gasteiger partial charge in [-0.1, -0.05) is 38.8 Å². The third-order valence-corrected chi connectivity index (χ3v) is 11.5. The van der Waals surface area contributed by atoms with Crippen molar-refractivity contribution in [3.05, 3.63) is 11.6 Å². The molecule has 2 aliphatic heterocycles. The average molecular weight is 414 g/mol. The normalized spacial score (nSPS) is 57.3. The van der Waals surface area contributed by atoms with Gasteiger partial charge in [0.1, 0.15) is 5.72 Å². The fraction of sp³-hybridized carbons (Fsp3) is 0.926. The minimum absolute atomic E-state index is 0.00302. The first kappa shape index (κ1) is 20.2. The van der Waals surface area contributed by atoms with E-state index in [2.05, 4.69) is 32.2 Å². The lowest BCUT2D eigenvalue weighted by molar-refractivity contribution is -0.0970. The molecule has 10 atom stereocenters. The van der Waals surface area contributed by atoms with Gasteiger partial charge in [-0.05, 0) is 105 Å². The van der Waals surface area contributed by atoms with Crippen molar-refractivity contribution in [1.29, 1.82) is 0 Å². The molecule has 3 heteroatoms. The van der Waals surface area contributed by atoms with E-state index in [4.69, 9.17) is 4.74 Å². The Balaban J connectivity index is 1.23. The molecule has 2 saturated heterocycles. The highest BCUT2D eigenvalue weighted by atomic mass is 16.5. The van der Waals surface area contributed by atoms with Crippen LogP contribution >= 0.6 is 0 Å². The second-order valence-corrected chi connectivity index (χ2v) is 12.6. The van der Waals surface area contributed by atoms with Gasteiger partial charge >= 0.3 is 0 Å². The molecule has 30 heavy (non-hydrogen) atoms. The van der Waals surface area contributed by atoms with Gasteiger partial charge in [-0.15, -0.1) is 0 Å². The van der Waals surface area contributed by atoms with Crippen molar-refractivity contribution in [1.82, 2.24) is 5.32 Å². The third kappa shape index (κ3) is 2.73. The molecule has 3 saturated carbocycles. The van der Waals surface area contributed by atoms with Crippen LogP contribution in [0, 0.1) is 40.4 Å². The zero-order valence-electron chi connectivity index (χ0n) is 19.5. The molecule has 0 bridgehead atoms. The maximum Gasteiger partial charge on any atom is 0.120 e. The Morgan fingerprint density at radius 2 is 1.97 bits per heavy atom. The predicted molar refractivity (Wildman–Crippen MR) is 120 cm³/mol. The molecule has 2 heterocycles. The summed E-state index contributed by atoms with van der Waals surface area (Å²) in [5.41, 5.74) is 2.41. The number of hydrogen-bond donors (Lipinski definition) is 2. The van der Waals surface area contributed by atoms with Gasteiger partial charge in [0.25, 0.3) is 0 Å². The van der Waals surface area contributed by atoms with E-state index in [1.165, 1.54) is 57.8 Å². The van der Waals surface area contributed by atoms with Crippen molar-refractivity contribution in [3.63, 3.8) is 0 Å². The highest BCUT2D eigenvalue weighted by Crippen LogP contribution is 2.69. The molecule has 0 aromatic heterocycles. The van der Waals surface area contributed by atoms with E-state index in [1.54, 1.807) is 5.57 Å². The van der Waals surface area contributed by atoms with Crippen molar-refractivity contribution in [2.45, 2.75) is 109 Å². The molecular formula is C27H43NO2. The van der Waals surface area contributed by atoms with E-state index in [9.17, 15) is 5.11 Å². The van der Waals surface area contributed by atoms with Crippen LogP contribution in [0.3, 0.4) is 0 Å². The van der Waals surface area contributed by atoms with Crippen LogP contribution in [0.15, 0.2) is 11.6 Å². The molecule has 168 valence electrons. The van der Waals surface area contributed by atoms with Gasteiger partial charge in [-0.2, -0.15) is 0 Å². The van der Waals surface area contributed by atoms with Crippen LogP contribution < -0.4 is 5.32 Å². The highest BCUT2D eigenvalue weighted by Gasteiger charge is 2.65. The fourth-order valence-electron chi connectivity index (χ4n) is 9.50. The number of aliphatic hydroxyl groups is 1. The van der Waals surface area contributed by atoms with Gasteiger partial charge in [0.2, 0.25) is 0 Å². The number of nitrogens with one attached hydrogen (secondary N) is 1. The quantitative estimate of drug-likeness (QED) is 0.563. The minimum Gasteiger partial charge on any atom is -0.393 e. The summed E-state index contributed by atoms with van der Waals surface area (Å²) in [6.45, 7) is 8.67. The van der Waals surface area contributed by atoms with Crippen LogP contribution in [0.25, 0.3) is 0 Å². The minimum atomic E-state index is -0.0968. The molecule has 0 radical (unpaired) electrons. The van der Waals surface area contributed by atoms with Crippen molar-refractivity contribution in [3.8, 4) is 0 Å². The summed E-state index contributed by atoms with van der Waals surface area (Å²) in [4.78, 5) is 0. The van der Waals surface area contributed by atoms with Crippen LogP contribution in [0.5, 0.6) is 0 Å². The zero-order chi connectivity index (χ0) is 20.7. The van der Waals surface area contributed by atoms with Crippen molar-refractivity contribution < 1.29 is 9.84 Å². The maximum absolute atomic E-state index is 10.2. The summed E-state index contributed by atoms with van der Waals surface area (Å²) in [6, 6.07) is 0. The summed E-state index contributed by atoms with van der Waals surface area (Å²) in [5.74, 6) is 4.09. The molecule has 6 aliphatic rings. The smallest absolute Gasteiger partial charge is 0.120 e. The van der Waals surface area contributed by atoms with E-state index in [-0.39, 0.29) is 11.8 Å². The van der Waals surface area contributed by atoms with Crippen molar-refractivity contribution in [2.75, 3.05) is 6.54 Å². The van der Waals surface area contributed by atoms with Gasteiger partial charge in [0.15, 0.2) is 0 Å². The second-order valence-electron chi connectivity index (χ2n) is 12.6. The second kappa shape index (κ2) is 6.81. The first-order valence-corrected chi connectivity index (χ1v) is 13.2.